The second-order valence-electron chi connectivity index (χ2n) is 3.44. The molecule has 0 aromatic heterocycles. The molecular weight excluding hydrogens is 223 g/mol. The maximum Gasteiger partial charge on any atom is 0.330 e. The standard InChI is InChI=1S/C8H17O6P/c1-12-15(11,13-2)4-3-6-5-7(9)8(10)14-6/h6-10H,3-5H2,1-2H3/t6-,7-,8?/m1/s1. The molecule has 0 saturated carbocycles. The molecule has 6 nitrogen and oxygen atoms in total. The Morgan fingerprint density at radius 3 is 2.40 bits per heavy atom. The predicted octanol–water partition coefficient (Wildman–Crippen LogP) is 0.331. The van der Waals surface area contributed by atoms with E-state index < -0.39 is 20.0 Å². The summed E-state index contributed by atoms with van der Waals surface area (Å²) in [5.74, 6) is 0. The summed E-state index contributed by atoms with van der Waals surface area (Å²) in [6.07, 6.45) is -1.32. The van der Waals surface area contributed by atoms with Gasteiger partial charge in [-0.05, 0) is 6.42 Å². The highest BCUT2D eigenvalue weighted by atomic mass is 31.2. The fourth-order valence-corrected chi connectivity index (χ4v) is 2.59. The van der Waals surface area contributed by atoms with Crippen LogP contribution < -0.4 is 0 Å². The van der Waals surface area contributed by atoms with Crippen molar-refractivity contribution in [3.63, 3.8) is 0 Å². The molecule has 0 bridgehead atoms. The normalized spacial score (nSPS) is 32.1. The molecule has 0 radical (unpaired) electrons. The highest BCUT2D eigenvalue weighted by Gasteiger charge is 2.34. The Kier molecular flexibility index (Phi) is 4.70. The molecule has 1 rings (SSSR count). The van der Waals surface area contributed by atoms with E-state index in [1.807, 2.05) is 0 Å². The van der Waals surface area contributed by atoms with Crippen LogP contribution in [0.3, 0.4) is 0 Å². The lowest BCUT2D eigenvalue weighted by Gasteiger charge is -2.15. The third-order valence-electron chi connectivity index (χ3n) is 2.45. The van der Waals surface area contributed by atoms with Gasteiger partial charge < -0.3 is 24.0 Å². The molecule has 2 N–H and O–H groups in total. The maximum atomic E-state index is 11.6. The zero-order valence-electron chi connectivity index (χ0n) is 8.83. The van der Waals surface area contributed by atoms with E-state index >= 15 is 0 Å². The van der Waals surface area contributed by atoms with Gasteiger partial charge in [-0.2, -0.15) is 0 Å². The monoisotopic (exact) mass is 240 g/mol. The quantitative estimate of drug-likeness (QED) is 0.673. The third kappa shape index (κ3) is 3.52. The summed E-state index contributed by atoms with van der Waals surface area (Å²) in [4.78, 5) is 0. The van der Waals surface area contributed by atoms with E-state index in [0.29, 0.717) is 12.8 Å². The van der Waals surface area contributed by atoms with Crippen molar-refractivity contribution in [1.82, 2.24) is 0 Å². The molecule has 7 heteroatoms. The highest BCUT2D eigenvalue weighted by molar-refractivity contribution is 7.53. The number of aliphatic hydroxyl groups excluding tert-OH is 2. The van der Waals surface area contributed by atoms with E-state index in [1.54, 1.807) is 0 Å². The molecule has 90 valence electrons. The molecule has 1 fully saturated rings. The molecule has 1 aliphatic rings. The van der Waals surface area contributed by atoms with Gasteiger partial charge in [-0.3, -0.25) is 4.57 Å². The second kappa shape index (κ2) is 5.39. The summed E-state index contributed by atoms with van der Waals surface area (Å²) in [7, 11) is -0.371. The van der Waals surface area contributed by atoms with Crippen molar-refractivity contribution in [1.29, 1.82) is 0 Å². The van der Waals surface area contributed by atoms with Crippen LogP contribution in [-0.2, 0) is 18.3 Å². The van der Waals surface area contributed by atoms with Crippen molar-refractivity contribution in [2.75, 3.05) is 20.4 Å². The fraction of sp³-hybridized carbons (Fsp3) is 1.00. The summed E-state index contributed by atoms with van der Waals surface area (Å²) < 4.78 is 26.2. The Hall–Kier alpha value is 0.0300. The van der Waals surface area contributed by atoms with Crippen LogP contribution in [0.1, 0.15) is 12.8 Å². The van der Waals surface area contributed by atoms with Crippen LogP contribution in [-0.4, -0.2) is 49.1 Å². The lowest BCUT2D eigenvalue weighted by molar-refractivity contribution is -0.127. The average Bonchev–Trinajstić information content (AvgIpc) is 2.55. The summed E-state index contributed by atoms with van der Waals surface area (Å²) >= 11 is 0. The van der Waals surface area contributed by atoms with Crippen LogP contribution in [0.2, 0.25) is 0 Å². The second-order valence-corrected chi connectivity index (χ2v) is 5.84. The first-order valence-electron chi connectivity index (χ1n) is 4.73. The smallest absolute Gasteiger partial charge is 0.330 e. The van der Waals surface area contributed by atoms with Gasteiger partial charge in [-0.1, -0.05) is 0 Å². The Morgan fingerprint density at radius 2 is 2.00 bits per heavy atom. The number of rotatable bonds is 5. The van der Waals surface area contributed by atoms with Gasteiger partial charge in [-0.15, -0.1) is 0 Å². The van der Waals surface area contributed by atoms with Gasteiger partial charge >= 0.3 is 7.60 Å². The molecule has 1 unspecified atom stereocenters. The largest absolute Gasteiger partial charge is 0.388 e. The maximum absolute atomic E-state index is 11.6. The van der Waals surface area contributed by atoms with Gasteiger partial charge in [0.2, 0.25) is 0 Å². The van der Waals surface area contributed by atoms with Crippen LogP contribution in [0.4, 0.5) is 0 Å². The van der Waals surface area contributed by atoms with Crippen LogP contribution in [0, 0.1) is 0 Å². The topological polar surface area (TPSA) is 85.2 Å². The molecule has 15 heavy (non-hydrogen) atoms. The van der Waals surface area contributed by atoms with Crippen molar-refractivity contribution in [2.24, 2.45) is 0 Å². The molecule has 0 aliphatic carbocycles. The number of hydrogen-bond donors (Lipinski definition) is 2. The summed E-state index contributed by atoms with van der Waals surface area (Å²) in [6.45, 7) is 0. The third-order valence-corrected chi connectivity index (χ3v) is 4.37. The lowest BCUT2D eigenvalue weighted by atomic mass is 10.2. The number of aliphatic hydroxyl groups is 2. The predicted molar refractivity (Wildman–Crippen MR) is 52.6 cm³/mol. The van der Waals surface area contributed by atoms with Crippen molar-refractivity contribution in [2.45, 2.75) is 31.3 Å². The minimum absolute atomic E-state index is 0.212. The summed E-state index contributed by atoms with van der Waals surface area (Å²) in [6, 6.07) is 0. The van der Waals surface area contributed by atoms with Gasteiger partial charge in [0, 0.05) is 20.6 Å². The molecule has 0 amide bonds. The average molecular weight is 240 g/mol. The van der Waals surface area contributed by atoms with Gasteiger partial charge in [0.25, 0.3) is 0 Å². The van der Waals surface area contributed by atoms with E-state index in [-0.39, 0.29) is 12.3 Å². The van der Waals surface area contributed by atoms with Crippen LogP contribution in [0.5, 0.6) is 0 Å². The van der Waals surface area contributed by atoms with Gasteiger partial charge in [0.15, 0.2) is 6.29 Å². The van der Waals surface area contributed by atoms with E-state index in [1.165, 1.54) is 14.2 Å². The SMILES string of the molecule is COP(=O)(CC[C@@H]1C[C@@H](O)C(O)O1)OC. The zero-order valence-corrected chi connectivity index (χ0v) is 9.72. The van der Waals surface area contributed by atoms with Crippen LogP contribution in [0.15, 0.2) is 0 Å². The van der Waals surface area contributed by atoms with E-state index in [9.17, 15) is 9.67 Å². The molecule has 0 spiro atoms. The van der Waals surface area contributed by atoms with E-state index in [2.05, 4.69) is 0 Å². The Balaban J connectivity index is 2.35. The molecule has 3 atom stereocenters. The van der Waals surface area contributed by atoms with E-state index in [4.69, 9.17) is 18.9 Å². The number of ether oxygens (including phenoxy) is 1. The van der Waals surface area contributed by atoms with Crippen LogP contribution >= 0.6 is 7.60 Å². The molecule has 1 aliphatic heterocycles. The first-order valence-corrected chi connectivity index (χ1v) is 6.45. The van der Waals surface area contributed by atoms with Crippen molar-refractivity contribution in [3.05, 3.63) is 0 Å². The lowest BCUT2D eigenvalue weighted by Crippen LogP contribution is -2.19. The minimum Gasteiger partial charge on any atom is -0.388 e. The summed E-state index contributed by atoms with van der Waals surface area (Å²) in [5, 5.41) is 18.3. The van der Waals surface area contributed by atoms with E-state index in [0.717, 1.165) is 0 Å². The Labute approximate surface area is 88.7 Å². The molecule has 0 aromatic carbocycles. The highest BCUT2D eigenvalue weighted by Crippen LogP contribution is 2.47. The molecular formula is C8H17O6P. The van der Waals surface area contributed by atoms with Crippen molar-refractivity contribution >= 4 is 7.60 Å². The first-order chi connectivity index (χ1) is 7.00. The molecule has 0 aromatic rings. The fourth-order valence-electron chi connectivity index (χ4n) is 1.47. The summed E-state index contributed by atoms with van der Waals surface area (Å²) in [5.41, 5.74) is 0. The molecule has 1 heterocycles. The van der Waals surface area contributed by atoms with Gasteiger partial charge in [0.1, 0.15) is 6.10 Å². The Morgan fingerprint density at radius 1 is 1.40 bits per heavy atom. The molecule has 1 saturated heterocycles. The van der Waals surface area contributed by atoms with Crippen molar-refractivity contribution in [3.8, 4) is 0 Å². The number of hydrogen-bond acceptors (Lipinski definition) is 6. The van der Waals surface area contributed by atoms with Gasteiger partial charge in [0.05, 0.1) is 12.3 Å². The minimum atomic E-state index is -3.02. The zero-order chi connectivity index (χ0) is 11.5. The van der Waals surface area contributed by atoms with Crippen molar-refractivity contribution < 1.29 is 28.6 Å². The van der Waals surface area contributed by atoms with Crippen LogP contribution in [0.25, 0.3) is 0 Å². The Bertz CT molecular complexity index is 227. The first kappa shape index (κ1) is 13.1. The van der Waals surface area contributed by atoms with Gasteiger partial charge in [-0.25, -0.2) is 0 Å².